The summed E-state index contributed by atoms with van der Waals surface area (Å²) in [6, 6.07) is 0. The monoisotopic (exact) mass is 353 g/mol. The maximum absolute atomic E-state index is 12.4. The summed E-state index contributed by atoms with van der Waals surface area (Å²) in [6.45, 7) is 4.36. The van der Waals surface area contributed by atoms with Crippen molar-refractivity contribution < 1.29 is 32.6 Å². The molecule has 0 unspecified atom stereocenters. The lowest BCUT2D eigenvalue weighted by molar-refractivity contribution is -0.192. The van der Waals surface area contributed by atoms with Crippen LogP contribution in [-0.4, -0.2) is 42.9 Å². The van der Waals surface area contributed by atoms with Crippen LogP contribution in [-0.2, 0) is 14.3 Å². The van der Waals surface area contributed by atoms with Gasteiger partial charge in [-0.1, -0.05) is 19.3 Å². The number of carbonyl (C=O) groups is 2. The number of aliphatic carboxylic acids is 1. The molecule has 24 heavy (non-hydrogen) atoms. The number of nitrogens with one attached hydrogen (secondary N) is 1. The molecule has 0 aromatic rings. The van der Waals surface area contributed by atoms with Gasteiger partial charge in [-0.25, -0.2) is 4.79 Å². The summed E-state index contributed by atoms with van der Waals surface area (Å²) in [6.07, 6.45) is 3.22. The van der Waals surface area contributed by atoms with E-state index in [-0.39, 0.29) is 11.4 Å². The normalized spacial score (nSPS) is 21.3. The minimum Gasteiger partial charge on any atom is -0.475 e. The maximum atomic E-state index is 12.4. The van der Waals surface area contributed by atoms with Crippen molar-refractivity contribution in [2.24, 2.45) is 11.3 Å². The zero-order valence-corrected chi connectivity index (χ0v) is 14.0. The van der Waals surface area contributed by atoms with E-state index in [1.54, 1.807) is 0 Å². The highest BCUT2D eigenvalue weighted by Crippen LogP contribution is 2.45. The predicted molar refractivity (Wildman–Crippen MR) is 81.4 cm³/mol. The van der Waals surface area contributed by atoms with Crippen molar-refractivity contribution in [3.63, 3.8) is 0 Å². The largest absolute Gasteiger partial charge is 0.490 e. The topological polar surface area (TPSA) is 75.6 Å². The highest BCUT2D eigenvalue weighted by molar-refractivity contribution is 5.77. The first-order valence-electron chi connectivity index (χ1n) is 8.42. The number of carbonyl (C=O) groups excluding carboxylic acids is 1. The summed E-state index contributed by atoms with van der Waals surface area (Å²) in [7, 11) is 0. The van der Waals surface area contributed by atoms with Crippen molar-refractivity contribution in [2.45, 2.75) is 58.0 Å². The Bertz CT molecular complexity index is 414. The summed E-state index contributed by atoms with van der Waals surface area (Å²) in [5.41, 5.74) is -0.165. The predicted octanol–water partition coefficient (Wildman–Crippen LogP) is 3.13. The van der Waals surface area contributed by atoms with Gasteiger partial charge in [0.25, 0.3) is 0 Å². The van der Waals surface area contributed by atoms with Gasteiger partial charge in [0.2, 0.25) is 0 Å². The molecule has 1 saturated heterocycles. The fraction of sp³-hybridized carbons (Fsp3) is 0.875. The van der Waals surface area contributed by atoms with E-state index in [4.69, 9.17) is 14.6 Å². The van der Waals surface area contributed by atoms with Crippen LogP contribution in [0.25, 0.3) is 0 Å². The SMILES string of the molecule is CCOC(=O)C1(C2CCCCC2)CCNCC1.O=C(O)C(F)(F)F. The lowest BCUT2D eigenvalue weighted by Gasteiger charge is -2.43. The molecule has 0 aromatic carbocycles. The molecule has 140 valence electrons. The Morgan fingerprint density at radius 3 is 2.08 bits per heavy atom. The second-order valence-electron chi connectivity index (χ2n) is 6.26. The van der Waals surface area contributed by atoms with Crippen LogP contribution in [0.4, 0.5) is 13.2 Å². The van der Waals surface area contributed by atoms with Crippen molar-refractivity contribution >= 4 is 11.9 Å². The van der Waals surface area contributed by atoms with E-state index in [9.17, 15) is 18.0 Å². The fourth-order valence-electron chi connectivity index (χ4n) is 3.58. The number of carboxylic acids is 1. The van der Waals surface area contributed by atoms with Gasteiger partial charge >= 0.3 is 18.1 Å². The smallest absolute Gasteiger partial charge is 0.475 e. The third-order valence-electron chi connectivity index (χ3n) is 4.81. The summed E-state index contributed by atoms with van der Waals surface area (Å²) in [4.78, 5) is 21.3. The first kappa shape index (κ1) is 20.7. The number of halogens is 3. The van der Waals surface area contributed by atoms with Crippen LogP contribution in [0.2, 0.25) is 0 Å². The molecule has 1 saturated carbocycles. The molecule has 2 aliphatic rings. The fourth-order valence-corrected chi connectivity index (χ4v) is 3.58. The van der Waals surface area contributed by atoms with Crippen LogP contribution >= 0.6 is 0 Å². The second-order valence-corrected chi connectivity index (χ2v) is 6.26. The summed E-state index contributed by atoms with van der Waals surface area (Å²) in [5.74, 6) is -2.11. The molecule has 2 N–H and O–H groups in total. The molecule has 0 aromatic heterocycles. The van der Waals surface area contributed by atoms with Gasteiger partial charge < -0.3 is 15.2 Å². The molecule has 0 spiro atoms. The van der Waals surface area contributed by atoms with E-state index in [0.29, 0.717) is 12.5 Å². The lowest BCUT2D eigenvalue weighted by Crippen LogP contribution is -2.48. The van der Waals surface area contributed by atoms with E-state index in [1.807, 2.05) is 6.92 Å². The Morgan fingerprint density at radius 2 is 1.67 bits per heavy atom. The van der Waals surface area contributed by atoms with Crippen molar-refractivity contribution in [3.05, 3.63) is 0 Å². The van der Waals surface area contributed by atoms with Gasteiger partial charge in [-0.15, -0.1) is 0 Å². The van der Waals surface area contributed by atoms with E-state index >= 15 is 0 Å². The zero-order chi connectivity index (χ0) is 18.2. The summed E-state index contributed by atoms with van der Waals surface area (Å²) >= 11 is 0. The van der Waals surface area contributed by atoms with Crippen LogP contribution in [0.1, 0.15) is 51.9 Å². The van der Waals surface area contributed by atoms with E-state index in [2.05, 4.69) is 5.32 Å². The number of ether oxygens (including phenoxy) is 1. The molecule has 1 aliphatic carbocycles. The highest BCUT2D eigenvalue weighted by atomic mass is 19.4. The number of alkyl halides is 3. The van der Waals surface area contributed by atoms with Gasteiger partial charge in [-0.2, -0.15) is 13.2 Å². The van der Waals surface area contributed by atoms with Crippen LogP contribution in [0.5, 0.6) is 0 Å². The van der Waals surface area contributed by atoms with Gasteiger partial charge in [0.1, 0.15) is 0 Å². The van der Waals surface area contributed by atoms with Gasteiger partial charge in [-0.05, 0) is 51.6 Å². The molecule has 8 heteroatoms. The number of hydrogen-bond donors (Lipinski definition) is 2. The molecule has 0 amide bonds. The van der Waals surface area contributed by atoms with Crippen molar-refractivity contribution in [3.8, 4) is 0 Å². The molecule has 0 bridgehead atoms. The summed E-state index contributed by atoms with van der Waals surface area (Å²) in [5, 5.41) is 10.5. The van der Waals surface area contributed by atoms with Crippen LogP contribution in [0.3, 0.4) is 0 Å². The van der Waals surface area contributed by atoms with E-state index in [1.165, 1.54) is 32.1 Å². The van der Waals surface area contributed by atoms with Crippen LogP contribution < -0.4 is 5.32 Å². The molecule has 0 atom stereocenters. The number of rotatable bonds is 3. The van der Waals surface area contributed by atoms with Crippen molar-refractivity contribution in [1.82, 2.24) is 5.32 Å². The average Bonchev–Trinajstić information content (AvgIpc) is 2.56. The van der Waals surface area contributed by atoms with Gasteiger partial charge in [-0.3, -0.25) is 4.79 Å². The molecular formula is C16H26F3NO4. The molecule has 2 rings (SSSR count). The van der Waals surface area contributed by atoms with Crippen molar-refractivity contribution in [1.29, 1.82) is 0 Å². The third kappa shape index (κ3) is 5.65. The lowest BCUT2D eigenvalue weighted by atomic mass is 9.64. The Kier molecular flexibility index (Phi) is 7.99. The molecule has 1 aliphatic heterocycles. The number of carboxylic acid groups (broad SMARTS) is 1. The minimum atomic E-state index is -5.08. The van der Waals surface area contributed by atoms with Crippen LogP contribution in [0.15, 0.2) is 0 Å². The zero-order valence-electron chi connectivity index (χ0n) is 14.0. The number of esters is 1. The van der Waals surface area contributed by atoms with Crippen LogP contribution in [0, 0.1) is 11.3 Å². The first-order chi connectivity index (χ1) is 11.2. The van der Waals surface area contributed by atoms with Gasteiger partial charge in [0.05, 0.1) is 12.0 Å². The maximum Gasteiger partial charge on any atom is 0.490 e. The first-order valence-corrected chi connectivity index (χ1v) is 8.42. The standard InChI is InChI=1S/C14H25NO2.C2HF3O2/c1-2-17-13(16)14(8-10-15-11-9-14)12-6-4-3-5-7-12;3-2(4,5)1(6)7/h12,15H,2-11H2,1H3;(H,6,7). The Hall–Kier alpha value is -1.31. The molecule has 5 nitrogen and oxygen atoms in total. The second kappa shape index (κ2) is 9.25. The van der Waals surface area contributed by atoms with Gasteiger partial charge in [0.15, 0.2) is 0 Å². The van der Waals surface area contributed by atoms with Gasteiger partial charge in [0, 0.05) is 0 Å². The molecule has 0 radical (unpaired) electrons. The quantitative estimate of drug-likeness (QED) is 0.763. The minimum absolute atomic E-state index is 0.0772. The number of hydrogen-bond acceptors (Lipinski definition) is 4. The molecular weight excluding hydrogens is 327 g/mol. The Morgan fingerprint density at radius 1 is 1.17 bits per heavy atom. The molecule has 2 fully saturated rings. The Labute approximate surface area is 139 Å². The number of piperidine rings is 1. The van der Waals surface area contributed by atoms with E-state index in [0.717, 1.165) is 25.9 Å². The highest BCUT2D eigenvalue weighted by Gasteiger charge is 2.47. The molecule has 1 heterocycles. The third-order valence-corrected chi connectivity index (χ3v) is 4.81. The summed E-state index contributed by atoms with van der Waals surface area (Å²) < 4.78 is 37.1. The Balaban J connectivity index is 0.000000351. The van der Waals surface area contributed by atoms with Crippen molar-refractivity contribution in [2.75, 3.05) is 19.7 Å². The van der Waals surface area contributed by atoms with E-state index < -0.39 is 12.1 Å². The average molecular weight is 353 g/mol.